The number of anilines is 1. The van der Waals surface area contributed by atoms with Gasteiger partial charge < -0.3 is 10.4 Å². The normalized spacial score (nSPS) is 19.9. The van der Waals surface area contributed by atoms with E-state index in [2.05, 4.69) is 20.4 Å². The summed E-state index contributed by atoms with van der Waals surface area (Å²) < 4.78 is 113. The summed E-state index contributed by atoms with van der Waals surface area (Å²) in [6.45, 7) is -0.796. The van der Waals surface area contributed by atoms with Crippen molar-refractivity contribution in [1.29, 1.82) is 0 Å². The van der Waals surface area contributed by atoms with Crippen LogP contribution >= 0.6 is 0 Å². The molecular formula is C23H22F6N6O5S. The minimum absolute atomic E-state index is 0.0213. The zero-order chi connectivity index (χ0) is 30.2. The van der Waals surface area contributed by atoms with Crippen molar-refractivity contribution in [3.63, 3.8) is 0 Å². The first kappa shape index (κ1) is 30.4. The maximum absolute atomic E-state index is 13.5. The fourth-order valence-electron chi connectivity index (χ4n) is 4.49. The van der Waals surface area contributed by atoms with Crippen molar-refractivity contribution in [3.05, 3.63) is 70.9 Å². The van der Waals surface area contributed by atoms with E-state index in [4.69, 9.17) is 4.55 Å². The molecule has 41 heavy (non-hydrogen) atoms. The average Bonchev–Trinajstić information content (AvgIpc) is 3.47. The summed E-state index contributed by atoms with van der Waals surface area (Å²) in [6, 6.07) is 2.03. The van der Waals surface area contributed by atoms with Gasteiger partial charge in [-0.05, 0) is 36.6 Å². The van der Waals surface area contributed by atoms with Crippen molar-refractivity contribution in [2.45, 2.75) is 43.9 Å². The Kier molecular flexibility index (Phi) is 8.40. The first-order chi connectivity index (χ1) is 19.0. The fourth-order valence-corrected chi connectivity index (χ4v) is 4.92. The van der Waals surface area contributed by atoms with E-state index in [9.17, 15) is 44.7 Å². The highest BCUT2D eigenvalue weighted by Gasteiger charge is 2.38. The number of nitrogens with zero attached hydrogens (tertiary/aromatic N) is 4. The van der Waals surface area contributed by atoms with Gasteiger partial charge in [0, 0.05) is 30.9 Å². The Balaban J connectivity index is 1.50. The van der Waals surface area contributed by atoms with Gasteiger partial charge in [-0.25, -0.2) is 9.97 Å². The number of hydrogen-bond donors (Lipinski definition) is 4. The molecule has 1 fully saturated rings. The number of aliphatic hydroxyl groups excluding tert-OH is 1. The highest BCUT2D eigenvalue weighted by atomic mass is 32.2. The molecular weight excluding hydrogens is 586 g/mol. The summed E-state index contributed by atoms with van der Waals surface area (Å²) in [4.78, 5) is 21.0. The molecule has 222 valence electrons. The number of rotatable bonds is 9. The van der Waals surface area contributed by atoms with Gasteiger partial charge in [0.15, 0.2) is 0 Å². The molecule has 0 saturated heterocycles. The molecule has 1 aromatic carbocycles. The Morgan fingerprint density at radius 2 is 1.83 bits per heavy atom. The van der Waals surface area contributed by atoms with Gasteiger partial charge in [-0.15, -0.1) is 0 Å². The number of aromatic nitrogens is 4. The van der Waals surface area contributed by atoms with Crippen LogP contribution in [-0.2, 0) is 29.2 Å². The number of benzene rings is 1. The topological polar surface area (TPSA) is 159 Å². The molecule has 1 saturated carbocycles. The summed E-state index contributed by atoms with van der Waals surface area (Å²) >= 11 is 0. The lowest BCUT2D eigenvalue weighted by molar-refractivity contribution is -0.143. The van der Waals surface area contributed by atoms with Crippen LogP contribution in [0.3, 0.4) is 0 Å². The first-order valence-electron chi connectivity index (χ1n) is 11.8. The molecule has 2 aromatic heterocycles. The molecule has 0 aliphatic heterocycles. The molecule has 0 unspecified atom stereocenters. The van der Waals surface area contributed by atoms with Gasteiger partial charge in [0.1, 0.15) is 17.8 Å². The van der Waals surface area contributed by atoms with Crippen molar-refractivity contribution >= 4 is 21.9 Å². The third kappa shape index (κ3) is 7.57. The van der Waals surface area contributed by atoms with E-state index < -0.39 is 69.7 Å². The Hall–Kier alpha value is -3.61. The van der Waals surface area contributed by atoms with Crippen LogP contribution in [0, 0.1) is 5.92 Å². The average molecular weight is 609 g/mol. The summed E-state index contributed by atoms with van der Waals surface area (Å²) in [5.74, 6) is -1.20. The number of alkyl halides is 6. The van der Waals surface area contributed by atoms with Gasteiger partial charge in [0.25, 0.3) is 0 Å². The van der Waals surface area contributed by atoms with E-state index in [1.807, 2.05) is 4.72 Å². The van der Waals surface area contributed by atoms with E-state index in [0.717, 1.165) is 11.0 Å². The van der Waals surface area contributed by atoms with Crippen molar-refractivity contribution in [2.75, 3.05) is 11.9 Å². The highest BCUT2D eigenvalue weighted by molar-refractivity contribution is 7.83. The van der Waals surface area contributed by atoms with Crippen LogP contribution in [0.25, 0.3) is 0 Å². The first-order valence-corrected chi connectivity index (χ1v) is 13.3. The van der Waals surface area contributed by atoms with Crippen molar-refractivity contribution in [2.24, 2.45) is 5.92 Å². The van der Waals surface area contributed by atoms with E-state index in [-0.39, 0.29) is 42.5 Å². The Bertz CT molecular complexity index is 1530. The SMILES string of the molecule is O=C(c1ccn(Cc2ccc(C(F)(F)F)cc2C(F)(F)F)n1)c1cncnc1N[C@@H]1C[C@H](CNS(=O)(=O)O)[C@@H](O)C1. The molecule has 3 atom stereocenters. The fraction of sp³-hybridized carbons (Fsp3) is 0.391. The van der Waals surface area contributed by atoms with Gasteiger partial charge in [0.2, 0.25) is 5.78 Å². The molecule has 11 nitrogen and oxygen atoms in total. The third-order valence-corrected chi connectivity index (χ3v) is 6.96. The lowest BCUT2D eigenvalue weighted by Gasteiger charge is -2.16. The minimum atomic E-state index is -5.07. The maximum atomic E-state index is 13.5. The van der Waals surface area contributed by atoms with Crippen LogP contribution in [0.2, 0.25) is 0 Å². The number of carbonyl (C=O) groups excluding carboxylic acids is 1. The maximum Gasteiger partial charge on any atom is 0.416 e. The summed E-state index contributed by atoms with van der Waals surface area (Å²) in [6.07, 6.45) is -7.03. The molecule has 0 bridgehead atoms. The number of nitrogens with one attached hydrogen (secondary N) is 2. The van der Waals surface area contributed by atoms with Crippen LogP contribution < -0.4 is 10.0 Å². The van der Waals surface area contributed by atoms with Gasteiger partial charge in [-0.1, -0.05) is 6.07 Å². The molecule has 2 heterocycles. The van der Waals surface area contributed by atoms with E-state index in [1.54, 1.807) is 0 Å². The second-order valence-electron chi connectivity index (χ2n) is 9.34. The van der Waals surface area contributed by atoms with Gasteiger partial charge >= 0.3 is 22.7 Å². The van der Waals surface area contributed by atoms with E-state index >= 15 is 0 Å². The molecule has 18 heteroatoms. The zero-order valence-corrected chi connectivity index (χ0v) is 21.5. The molecule has 0 amide bonds. The molecule has 1 aliphatic carbocycles. The van der Waals surface area contributed by atoms with Gasteiger partial charge in [-0.3, -0.25) is 14.0 Å². The van der Waals surface area contributed by atoms with Crippen LogP contribution in [0.15, 0.2) is 43.0 Å². The standard InChI is InChI=1S/C23H22F6N6O5S/c24-22(25,26)14-2-1-12(17(6-14)23(27,28)29)10-35-4-3-18(34-35)20(37)16-9-30-11-31-21(16)33-15-5-13(19(36)7-15)8-32-41(38,39)40/h1-4,6,9,11,13,15,19,32,36H,5,7-8,10H2,(H,30,31,33)(H,38,39,40)/t13-,15-,19+/m1/s1. The summed E-state index contributed by atoms with van der Waals surface area (Å²) in [5, 5.41) is 17.2. The number of aliphatic hydroxyl groups is 1. The molecule has 0 spiro atoms. The lowest BCUT2D eigenvalue weighted by Crippen LogP contribution is -2.32. The van der Waals surface area contributed by atoms with Crippen LogP contribution in [0.4, 0.5) is 32.2 Å². The predicted octanol–water partition coefficient (Wildman–Crippen LogP) is 2.93. The largest absolute Gasteiger partial charge is 0.416 e. The van der Waals surface area contributed by atoms with Crippen molar-refractivity contribution in [3.8, 4) is 0 Å². The van der Waals surface area contributed by atoms with Crippen LogP contribution in [0.1, 0.15) is 45.6 Å². The Labute approximate surface area is 228 Å². The monoisotopic (exact) mass is 608 g/mol. The van der Waals surface area contributed by atoms with E-state index in [1.165, 1.54) is 18.5 Å². The number of halogens is 6. The van der Waals surface area contributed by atoms with E-state index in [0.29, 0.717) is 12.1 Å². The zero-order valence-electron chi connectivity index (χ0n) is 20.7. The van der Waals surface area contributed by atoms with Crippen molar-refractivity contribution in [1.82, 2.24) is 24.5 Å². The molecule has 0 radical (unpaired) electrons. The number of hydrogen-bond acceptors (Lipinski definition) is 8. The molecule has 4 N–H and O–H groups in total. The second-order valence-corrected chi connectivity index (χ2v) is 10.6. The predicted molar refractivity (Wildman–Crippen MR) is 129 cm³/mol. The lowest BCUT2D eigenvalue weighted by atomic mass is 10.0. The van der Waals surface area contributed by atoms with Gasteiger partial charge in [0.05, 0.1) is 29.3 Å². The Morgan fingerprint density at radius 1 is 1.10 bits per heavy atom. The highest BCUT2D eigenvalue weighted by Crippen LogP contribution is 2.37. The van der Waals surface area contributed by atoms with Crippen molar-refractivity contribution < 1.29 is 49.2 Å². The minimum Gasteiger partial charge on any atom is -0.393 e. The van der Waals surface area contributed by atoms with Crippen LogP contribution in [0.5, 0.6) is 0 Å². The summed E-state index contributed by atoms with van der Waals surface area (Å²) in [7, 11) is -4.45. The van der Waals surface area contributed by atoms with Crippen LogP contribution in [-0.4, -0.2) is 62.3 Å². The number of ketones is 1. The molecule has 4 rings (SSSR count). The second kappa shape index (κ2) is 11.3. The third-order valence-electron chi connectivity index (χ3n) is 6.43. The Morgan fingerprint density at radius 3 is 2.49 bits per heavy atom. The molecule has 1 aliphatic rings. The van der Waals surface area contributed by atoms with Gasteiger partial charge in [-0.2, -0.15) is 44.6 Å². The number of carbonyl (C=O) groups is 1. The molecule has 3 aromatic rings. The smallest absolute Gasteiger partial charge is 0.393 e. The summed E-state index contributed by atoms with van der Waals surface area (Å²) in [5.41, 5.74) is -3.69. The quantitative estimate of drug-likeness (QED) is 0.163.